The van der Waals surface area contributed by atoms with Crippen LogP contribution in [0.2, 0.25) is 0 Å². The SMILES string of the molecule is CCNC(=O)N(CC(=O)N1CCc2sccc2C1COc1ccccc1OC)CC1CC1. The van der Waals surface area contributed by atoms with E-state index in [2.05, 4.69) is 16.8 Å². The van der Waals surface area contributed by atoms with Crippen LogP contribution in [0.25, 0.3) is 0 Å². The summed E-state index contributed by atoms with van der Waals surface area (Å²) in [7, 11) is 1.62. The highest BCUT2D eigenvalue weighted by molar-refractivity contribution is 7.10. The average molecular weight is 458 g/mol. The van der Waals surface area contributed by atoms with E-state index >= 15 is 0 Å². The molecule has 1 aliphatic carbocycles. The molecule has 172 valence electrons. The number of hydrogen-bond acceptors (Lipinski definition) is 5. The number of carbonyl (C=O) groups is 2. The number of fused-ring (bicyclic) bond motifs is 1. The van der Waals surface area contributed by atoms with E-state index in [0.717, 1.165) is 24.8 Å². The minimum atomic E-state index is -0.195. The Morgan fingerprint density at radius 3 is 2.72 bits per heavy atom. The summed E-state index contributed by atoms with van der Waals surface area (Å²) in [6.07, 6.45) is 3.08. The quantitative estimate of drug-likeness (QED) is 0.623. The van der Waals surface area contributed by atoms with E-state index in [9.17, 15) is 9.59 Å². The number of amides is 3. The van der Waals surface area contributed by atoms with E-state index in [4.69, 9.17) is 9.47 Å². The first-order chi connectivity index (χ1) is 15.6. The van der Waals surface area contributed by atoms with Gasteiger partial charge in [0, 0.05) is 24.5 Å². The highest BCUT2D eigenvalue weighted by Gasteiger charge is 2.35. The standard InChI is InChI=1S/C24H31N3O4S/c1-3-25-24(29)26(14-17-8-9-17)15-23(28)27-12-10-22-18(11-13-32-22)19(27)16-31-21-7-5-4-6-20(21)30-2/h4-7,11,13,17,19H,3,8-10,12,14-16H2,1-2H3,(H,25,29). The van der Waals surface area contributed by atoms with Crippen LogP contribution in [0.1, 0.15) is 36.2 Å². The van der Waals surface area contributed by atoms with Crippen molar-refractivity contribution in [2.75, 3.05) is 39.9 Å². The maximum absolute atomic E-state index is 13.4. The molecule has 32 heavy (non-hydrogen) atoms. The van der Waals surface area contributed by atoms with E-state index in [1.165, 1.54) is 4.88 Å². The van der Waals surface area contributed by atoms with Gasteiger partial charge in [0.1, 0.15) is 13.2 Å². The van der Waals surface area contributed by atoms with Crippen molar-refractivity contribution in [2.45, 2.75) is 32.2 Å². The molecule has 0 radical (unpaired) electrons. The number of nitrogens with one attached hydrogen (secondary N) is 1. The molecular weight excluding hydrogens is 426 g/mol. The number of para-hydroxylation sites is 2. The van der Waals surface area contributed by atoms with Gasteiger partial charge >= 0.3 is 6.03 Å². The number of hydrogen-bond donors (Lipinski definition) is 1. The fraction of sp³-hybridized carbons (Fsp3) is 0.500. The van der Waals surface area contributed by atoms with Gasteiger partial charge < -0.3 is 24.6 Å². The summed E-state index contributed by atoms with van der Waals surface area (Å²) in [6, 6.07) is 9.25. The zero-order valence-electron chi connectivity index (χ0n) is 18.7. The van der Waals surface area contributed by atoms with Gasteiger partial charge in [-0.1, -0.05) is 12.1 Å². The number of rotatable bonds is 9. The van der Waals surface area contributed by atoms with Crippen LogP contribution in [0.5, 0.6) is 11.5 Å². The van der Waals surface area contributed by atoms with Gasteiger partial charge in [0.25, 0.3) is 0 Å². The monoisotopic (exact) mass is 457 g/mol. The summed E-state index contributed by atoms with van der Waals surface area (Å²) < 4.78 is 11.5. The van der Waals surface area contributed by atoms with Crippen molar-refractivity contribution in [3.05, 3.63) is 46.2 Å². The maximum atomic E-state index is 13.4. The van der Waals surface area contributed by atoms with Gasteiger partial charge in [0.05, 0.1) is 13.2 Å². The Bertz CT molecular complexity index is 943. The summed E-state index contributed by atoms with van der Waals surface area (Å²) in [5, 5.41) is 4.92. The van der Waals surface area contributed by atoms with Crippen LogP contribution in [0, 0.1) is 5.92 Å². The summed E-state index contributed by atoms with van der Waals surface area (Å²) in [6.45, 7) is 4.12. The summed E-state index contributed by atoms with van der Waals surface area (Å²) in [5.41, 5.74) is 1.14. The van der Waals surface area contributed by atoms with Crippen molar-refractivity contribution in [2.24, 2.45) is 5.92 Å². The number of thiophene rings is 1. The molecule has 2 heterocycles. The van der Waals surface area contributed by atoms with E-state index < -0.39 is 0 Å². The van der Waals surface area contributed by atoms with Gasteiger partial charge in [-0.25, -0.2) is 4.79 Å². The summed E-state index contributed by atoms with van der Waals surface area (Å²) >= 11 is 1.72. The van der Waals surface area contributed by atoms with Gasteiger partial charge in [0.2, 0.25) is 5.91 Å². The molecule has 1 aromatic carbocycles. The fourth-order valence-corrected chi connectivity index (χ4v) is 5.06. The number of ether oxygens (including phenoxy) is 2. The van der Waals surface area contributed by atoms with Gasteiger partial charge in [-0.05, 0) is 61.2 Å². The largest absolute Gasteiger partial charge is 0.493 e. The normalized spacial score (nSPS) is 17.4. The lowest BCUT2D eigenvalue weighted by Gasteiger charge is -2.37. The van der Waals surface area contributed by atoms with Crippen LogP contribution in [0.15, 0.2) is 35.7 Å². The van der Waals surface area contributed by atoms with Crippen molar-refractivity contribution >= 4 is 23.3 Å². The lowest BCUT2D eigenvalue weighted by molar-refractivity contribution is -0.135. The van der Waals surface area contributed by atoms with E-state index in [0.29, 0.717) is 43.7 Å². The molecule has 0 saturated heterocycles. The highest BCUT2D eigenvalue weighted by Crippen LogP contribution is 2.35. The first-order valence-corrected chi connectivity index (χ1v) is 12.1. The predicted octanol–water partition coefficient (Wildman–Crippen LogP) is 3.70. The van der Waals surface area contributed by atoms with Crippen LogP contribution in [0.4, 0.5) is 4.79 Å². The van der Waals surface area contributed by atoms with Crippen LogP contribution in [0.3, 0.4) is 0 Å². The highest BCUT2D eigenvalue weighted by atomic mass is 32.1. The molecule has 1 atom stereocenters. The minimum absolute atomic E-state index is 0.0395. The summed E-state index contributed by atoms with van der Waals surface area (Å²) in [5.74, 6) is 1.79. The van der Waals surface area contributed by atoms with Crippen molar-refractivity contribution < 1.29 is 19.1 Å². The average Bonchev–Trinajstić information content (AvgIpc) is 3.49. The molecule has 1 fully saturated rings. The first kappa shape index (κ1) is 22.5. The molecule has 8 heteroatoms. The molecule has 1 aromatic heterocycles. The van der Waals surface area contributed by atoms with Gasteiger partial charge in [-0.15, -0.1) is 11.3 Å². The topological polar surface area (TPSA) is 71.1 Å². The Balaban J connectivity index is 1.50. The second kappa shape index (κ2) is 10.3. The zero-order chi connectivity index (χ0) is 22.5. The van der Waals surface area contributed by atoms with E-state index in [1.807, 2.05) is 36.1 Å². The molecular formula is C24H31N3O4S. The predicted molar refractivity (Wildman–Crippen MR) is 124 cm³/mol. The third kappa shape index (κ3) is 5.18. The van der Waals surface area contributed by atoms with E-state index in [-0.39, 0.29) is 24.5 Å². The third-order valence-electron chi connectivity index (χ3n) is 6.00. The Hall–Kier alpha value is -2.74. The molecule has 4 rings (SSSR count). The van der Waals surface area contributed by atoms with Crippen molar-refractivity contribution in [3.8, 4) is 11.5 Å². The number of benzene rings is 1. The third-order valence-corrected chi connectivity index (χ3v) is 6.99. The molecule has 1 N–H and O–H groups in total. The molecule has 1 aliphatic heterocycles. The van der Waals surface area contributed by atoms with Crippen LogP contribution in [-0.2, 0) is 11.2 Å². The van der Waals surface area contributed by atoms with Gasteiger partial charge in [0.15, 0.2) is 11.5 Å². The minimum Gasteiger partial charge on any atom is -0.493 e. The van der Waals surface area contributed by atoms with Crippen molar-refractivity contribution in [1.82, 2.24) is 15.1 Å². The van der Waals surface area contributed by atoms with Gasteiger partial charge in [-0.3, -0.25) is 4.79 Å². The number of urea groups is 1. The van der Waals surface area contributed by atoms with E-state index in [1.54, 1.807) is 23.3 Å². The molecule has 0 bridgehead atoms. The second-order valence-electron chi connectivity index (χ2n) is 8.27. The van der Waals surface area contributed by atoms with Crippen molar-refractivity contribution in [1.29, 1.82) is 0 Å². The molecule has 1 saturated carbocycles. The van der Waals surface area contributed by atoms with Crippen LogP contribution < -0.4 is 14.8 Å². The second-order valence-corrected chi connectivity index (χ2v) is 9.27. The molecule has 3 amide bonds. The fourth-order valence-electron chi connectivity index (χ4n) is 4.13. The number of nitrogens with zero attached hydrogens (tertiary/aromatic N) is 2. The Kier molecular flexibility index (Phi) is 7.19. The number of carbonyl (C=O) groups excluding carboxylic acids is 2. The maximum Gasteiger partial charge on any atom is 0.317 e. The molecule has 7 nitrogen and oxygen atoms in total. The Morgan fingerprint density at radius 1 is 1.22 bits per heavy atom. The molecule has 0 spiro atoms. The summed E-state index contributed by atoms with van der Waals surface area (Å²) in [4.78, 5) is 30.8. The molecule has 2 aromatic rings. The lowest BCUT2D eigenvalue weighted by Crippen LogP contribution is -2.50. The first-order valence-electron chi connectivity index (χ1n) is 11.2. The zero-order valence-corrected chi connectivity index (χ0v) is 19.5. The Morgan fingerprint density at radius 2 is 2.00 bits per heavy atom. The van der Waals surface area contributed by atoms with Crippen LogP contribution >= 0.6 is 11.3 Å². The smallest absolute Gasteiger partial charge is 0.317 e. The van der Waals surface area contributed by atoms with Gasteiger partial charge in [-0.2, -0.15) is 0 Å². The molecule has 1 unspecified atom stereocenters. The van der Waals surface area contributed by atoms with Crippen molar-refractivity contribution in [3.63, 3.8) is 0 Å². The molecule has 2 aliphatic rings. The Labute approximate surface area is 193 Å². The lowest BCUT2D eigenvalue weighted by atomic mass is 10.0. The number of methoxy groups -OCH3 is 1. The van der Waals surface area contributed by atoms with Crippen LogP contribution in [-0.4, -0.2) is 61.6 Å².